The Balaban J connectivity index is 1.53. The van der Waals surface area contributed by atoms with Crippen LogP contribution in [0.5, 0.6) is 11.5 Å². The van der Waals surface area contributed by atoms with Crippen LogP contribution in [0, 0.1) is 0 Å². The third-order valence-electron chi connectivity index (χ3n) is 5.18. The number of nitrogens with zero attached hydrogens (tertiary/aromatic N) is 3. The fourth-order valence-corrected chi connectivity index (χ4v) is 3.42. The molecule has 31 heavy (non-hydrogen) atoms. The molecule has 1 saturated carbocycles. The summed E-state index contributed by atoms with van der Waals surface area (Å²) in [5, 5.41) is 3.89. The first-order chi connectivity index (χ1) is 14.9. The number of methoxy groups -OCH3 is 2. The van der Waals surface area contributed by atoms with E-state index < -0.39 is 11.7 Å². The molecular formula is C22H22F3N3O3. The summed E-state index contributed by atoms with van der Waals surface area (Å²) in [7, 11) is 3.23. The number of rotatable bonds is 8. The topological polar surface area (TPSA) is 60.6 Å². The van der Waals surface area contributed by atoms with E-state index in [0.717, 1.165) is 42.0 Å². The van der Waals surface area contributed by atoms with Crippen LogP contribution in [-0.4, -0.2) is 35.3 Å². The molecule has 1 aliphatic rings. The van der Waals surface area contributed by atoms with Crippen molar-refractivity contribution >= 4 is 0 Å². The average molecular weight is 433 g/mol. The summed E-state index contributed by atoms with van der Waals surface area (Å²) < 4.78 is 55.1. The van der Waals surface area contributed by atoms with E-state index in [1.165, 1.54) is 12.1 Å². The quantitative estimate of drug-likeness (QED) is 0.502. The van der Waals surface area contributed by atoms with Crippen molar-refractivity contribution in [3.05, 3.63) is 59.5 Å². The minimum Gasteiger partial charge on any atom is -0.497 e. The molecule has 0 saturated heterocycles. The van der Waals surface area contributed by atoms with Crippen molar-refractivity contribution in [2.75, 3.05) is 14.2 Å². The normalized spacial score (nSPS) is 14.1. The second kappa shape index (κ2) is 8.58. The average Bonchev–Trinajstić information content (AvgIpc) is 3.51. The van der Waals surface area contributed by atoms with Gasteiger partial charge in [-0.1, -0.05) is 17.3 Å². The SMILES string of the molecule is COc1ccc(OC)c(CN(Cc2nc(-c3cccc(C(F)(F)F)c3)no2)C2CC2)c1. The van der Waals surface area contributed by atoms with Crippen LogP contribution in [0.2, 0.25) is 0 Å². The smallest absolute Gasteiger partial charge is 0.416 e. The van der Waals surface area contributed by atoms with Crippen LogP contribution in [0.25, 0.3) is 11.4 Å². The van der Waals surface area contributed by atoms with Crippen LogP contribution in [0.1, 0.15) is 29.9 Å². The van der Waals surface area contributed by atoms with E-state index in [-0.39, 0.29) is 11.4 Å². The Bertz CT molecular complexity index is 1050. The molecule has 1 aliphatic carbocycles. The molecule has 0 radical (unpaired) electrons. The van der Waals surface area contributed by atoms with E-state index in [2.05, 4.69) is 15.0 Å². The standard InChI is InChI=1S/C22H22F3N3O3/c1-29-18-8-9-19(30-2)15(11-18)12-28(17-6-7-17)13-20-26-21(27-31-20)14-4-3-5-16(10-14)22(23,24)25/h3-5,8-11,17H,6-7,12-13H2,1-2H3. The van der Waals surface area contributed by atoms with Crippen LogP contribution in [0.4, 0.5) is 13.2 Å². The molecule has 0 N–H and O–H groups in total. The lowest BCUT2D eigenvalue weighted by atomic mass is 10.1. The molecule has 0 spiro atoms. The van der Waals surface area contributed by atoms with E-state index in [0.29, 0.717) is 25.0 Å². The van der Waals surface area contributed by atoms with Gasteiger partial charge in [-0.05, 0) is 43.2 Å². The van der Waals surface area contributed by atoms with Crippen molar-refractivity contribution in [2.24, 2.45) is 0 Å². The van der Waals surface area contributed by atoms with Gasteiger partial charge < -0.3 is 14.0 Å². The lowest BCUT2D eigenvalue weighted by molar-refractivity contribution is -0.137. The molecular weight excluding hydrogens is 411 g/mol. The highest BCUT2D eigenvalue weighted by Gasteiger charge is 2.32. The van der Waals surface area contributed by atoms with E-state index in [1.807, 2.05) is 18.2 Å². The lowest BCUT2D eigenvalue weighted by Gasteiger charge is -2.21. The van der Waals surface area contributed by atoms with Gasteiger partial charge in [0.25, 0.3) is 0 Å². The Labute approximate surface area is 177 Å². The van der Waals surface area contributed by atoms with Gasteiger partial charge in [0, 0.05) is 23.7 Å². The summed E-state index contributed by atoms with van der Waals surface area (Å²) in [5.41, 5.74) is 0.477. The monoisotopic (exact) mass is 433 g/mol. The van der Waals surface area contributed by atoms with Gasteiger partial charge in [-0.2, -0.15) is 18.2 Å². The van der Waals surface area contributed by atoms with Crippen molar-refractivity contribution in [3.8, 4) is 22.9 Å². The molecule has 3 aromatic rings. The Hall–Kier alpha value is -3.07. The van der Waals surface area contributed by atoms with E-state index >= 15 is 0 Å². The molecule has 0 bridgehead atoms. The maximum absolute atomic E-state index is 13.0. The predicted octanol–water partition coefficient (Wildman–Crippen LogP) is 4.94. The van der Waals surface area contributed by atoms with Crippen molar-refractivity contribution in [1.29, 1.82) is 0 Å². The molecule has 1 fully saturated rings. The lowest BCUT2D eigenvalue weighted by Crippen LogP contribution is -2.25. The third kappa shape index (κ3) is 4.99. The molecule has 1 heterocycles. The minimum atomic E-state index is -4.43. The number of hydrogen-bond donors (Lipinski definition) is 0. The van der Waals surface area contributed by atoms with Gasteiger partial charge in [0.15, 0.2) is 0 Å². The summed E-state index contributed by atoms with van der Waals surface area (Å²) in [6.07, 6.45) is -2.32. The van der Waals surface area contributed by atoms with Gasteiger partial charge in [0.05, 0.1) is 26.3 Å². The predicted molar refractivity (Wildman–Crippen MR) is 107 cm³/mol. The van der Waals surface area contributed by atoms with Crippen molar-refractivity contribution in [2.45, 2.75) is 38.1 Å². The van der Waals surface area contributed by atoms with Gasteiger partial charge >= 0.3 is 6.18 Å². The minimum absolute atomic E-state index is 0.135. The van der Waals surface area contributed by atoms with Crippen LogP contribution in [0.3, 0.4) is 0 Å². The zero-order chi connectivity index (χ0) is 22.0. The Morgan fingerprint density at radius 2 is 1.87 bits per heavy atom. The molecule has 1 aromatic heterocycles. The highest BCUT2D eigenvalue weighted by molar-refractivity contribution is 5.55. The van der Waals surface area contributed by atoms with Gasteiger partial charge in [0.1, 0.15) is 11.5 Å². The Kier molecular flexibility index (Phi) is 5.86. The highest BCUT2D eigenvalue weighted by Crippen LogP contribution is 2.34. The number of halogens is 3. The van der Waals surface area contributed by atoms with Gasteiger partial charge in [0.2, 0.25) is 11.7 Å². The number of aromatic nitrogens is 2. The zero-order valence-electron chi connectivity index (χ0n) is 17.1. The summed E-state index contributed by atoms with van der Waals surface area (Å²) in [4.78, 5) is 6.52. The van der Waals surface area contributed by atoms with Gasteiger partial charge in [-0.3, -0.25) is 4.90 Å². The summed E-state index contributed by atoms with van der Waals surface area (Å²) in [6, 6.07) is 10.9. The summed E-state index contributed by atoms with van der Waals surface area (Å²) >= 11 is 0. The largest absolute Gasteiger partial charge is 0.497 e. The Morgan fingerprint density at radius 1 is 1.06 bits per heavy atom. The molecule has 4 rings (SSSR count). The van der Waals surface area contributed by atoms with Crippen LogP contribution >= 0.6 is 0 Å². The molecule has 0 aliphatic heterocycles. The van der Waals surface area contributed by atoms with E-state index in [1.54, 1.807) is 14.2 Å². The fourth-order valence-electron chi connectivity index (χ4n) is 3.42. The van der Waals surface area contributed by atoms with E-state index in [9.17, 15) is 13.2 Å². The fraction of sp³-hybridized carbons (Fsp3) is 0.364. The third-order valence-corrected chi connectivity index (χ3v) is 5.18. The van der Waals surface area contributed by atoms with E-state index in [4.69, 9.17) is 14.0 Å². The molecule has 164 valence electrons. The molecule has 2 aromatic carbocycles. The van der Waals surface area contributed by atoms with Crippen molar-refractivity contribution < 1.29 is 27.2 Å². The first kappa shape index (κ1) is 21.2. The number of hydrogen-bond acceptors (Lipinski definition) is 6. The van der Waals surface area contributed by atoms with Crippen LogP contribution < -0.4 is 9.47 Å². The van der Waals surface area contributed by atoms with Gasteiger partial charge in [-0.25, -0.2) is 0 Å². The second-order valence-corrected chi connectivity index (χ2v) is 7.40. The maximum atomic E-state index is 13.0. The first-order valence-electron chi connectivity index (χ1n) is 9.82. The molecule has 6 nitrogen and oxygen atoms in total. The number of ether oxygens (including phenoxy) is 2. The molecule has 0 amide bonds. The van der Waals surface area contributed by atoms with Gasteiger partial charge in [-0.15, -0.1) is 0 Å². The van der Waals surface area contributed by atoms with Crippen LogP contribution in [-0.2, 0) is 19.3 Å². The maximum Gasteiger partial charge on any atom is 0.416 e. The Morgan fingerprint density at radius 3 is 2.55 bits per heavy atom. The zero-order valence-corrected chi connectivity index (χ0v) is 17.1. The number of benzene rings is 2. The second-order valence-electron chi connectivity index (χ2n) is 7.40. The van der Waals surface area contributed by atoms with Crippen molar-refractivity contribution in [1.82, 2.24) is 15.0 Å². The summed E-state index contributed by atoms with van der Waals surface area (Å²) in [6.45, 7) is 0.976. The van der Waals surface area contributed by atoms with Crippen molar-refractivity contribution in [3.63, 3.8) is 0 Å². The molecule has 9 heteroatoms. The number of alkyl halides is 3. The molecule has 0 unspecified atom stereocenters. The molecule has 0 atom stereocenters. The first-order valence-corrected chi connectivity index (χ1v) is 9.82. The highest BCUT2D eigenvalue weighted by atomic mass is 19.4. The van der Waals surface area contributed by atoms with Crippen LogP contribution in [0.15, 0.2) is 47.0 Å². The summed E-state index contributed by atoms with van der Waals surface area (Å²) in [5.74, 6) is 1.97.